The van der Waals surface area contributed by atoms with Crippen molar-refractivity contribution < 1.29 is 14.2 Å². The summed E-state index contributed by atoms with van der Waals surface area (Å²) in [5.41, 5.74) is 23.1. The van der Waals surface area contributed by atoms with Gasteiger partial charge in [0, 0.05) is 79.4 Å². The predicted molar refractivity (Wildman–Crippen MR) is 513 cm³/mol. The Morgan fingerprint density at radius 2 is 0.484 bits per heavy atom. The zero-order chi connectivity index (χ0) is 81.8. The van der Waals surface area contributed by atoms with Crippen molar-refractivity contribution in [3.63, 3.8) is 0 Å². The third-order valence-electron chi connectivity index (χ3n) is 24.1. The lowest BCUT2D eigenvalue weighted by Gasteiger charge is -2.33. The Bertz CT molecular complexity index is 6520. The van der Waals surface area contributed by atoms with Crippen molar-refractivity contribution in [1.82, 2.24) is 0 Å². The lowest BCUT2D eigenvalue weighted by atomic mass is 10.0. The van der Waals surface area contributed by atoms with Gasteiger partial charge >= 0.3 is 0 Å². The Kier molecular flexibility index (Phi) is 19.4. The van der Waals surface area contributed by atoms with E-state index in [0.29, 0.717) is 0 Å². The van der Waals surface area contributed by atoms with Gasteiger partial charge in [-0.1, -0.05) is 267 Å². The summed E-state index contributed by atoms with van der Waals surface area (Å²) in [6.07, 6.45) is 0. The maximum atomic E-state index is 6.93. The van der Waals surface area contributed by atoms with Crippen LogP contribution in [0.2, 0.25) is 0 Å². The second kappa shape index (κ2) is 31.6. The number of benzene rings is 18. The van der Waals surface area contributed by atoms with Crippen LogP contribution in [0, 0.1) is 27.7 Å². The molecule has 10 heteroatoms. The van der Waals surface area contributed by atoms with Crippen LogP contribution in [0.5, 0.6) is 34.5 Å². The fourth-order valence-corrected chi connectivity index (χ4v) is 30.1. The van der Waals surface area contributed by atoms with Gasteiger partial charge in [-0.25, -0.2) is 0 Å². The average Bonchev–Trinajstić information content (AvgIpc) is 1.53. The summed E-state index contributed by atoms with van der Waals surface area (Å²) in [5, 5.41) is 10.6. The Hall–Kier alpha value is -14.7. The SMILES string of the molecule is Cc1cccc(N(c2ccc([Si]3(c4ccc(N(c5cccc(C)c5)c5cccc(C)c5)cc4)c4ccccc4-c4c3ccc3c4Oc4ccccc4O3)cc2)c2cccc(C)c2)c1.c1ccc(N(c2ccccc2)c2ccc([Si]3(c4ccc(N(c5ccccc5)c5ccccc5)cc4)c4ccccc4-c4c3ccc3c4Oc4ccccc4S3)cc2)cc1. The average molecular weight is 1620 g/mol. The molecule has 122 heavy (non-hydrogen) atoms. The highest BCUT2D eigenvalue weighted by Gasteiger charge is 2.53. The van der Waals surface area contributed by atoms with Crippen LogP contribution >= 0.6 is 11.8 Å². The van der Waals surface area contributed by atoms with Crippen LogP contribution in [0.15, 0.2) is 447 Å². The van der Waals surface area contributed by atoms with E-state index < -0.39 is 16.1 Å². The summed E-state index contributed by atoms with van der Waals surface area (Å²) in [4.78, 5) is 11.7. The number of ether oxygens (including phenoxy) is 3. The van der Waals surface area contributed by atoms with E-state index in [1.54, 1.807) is 11.8 Å². The van der Waals surface area contributed by atoms with Gasteiger partial charge in [-0.3, -0.25) is 0 Å². The maximum Gasteiger partial charge on any atom is 0.181 e. The van der Waals surface area contributed by atoms with Gasteiger partial charge in [0.25, 0.3) is 0 Å². The molecule has 0 bridgehead atoms. The number of aryl methyl sites for hydroxylation is 4. The van der Waals surface area contributed by atoms with Crippen molar-refractivity contribution in [2.24, 2.45) is 0 Å². The van der Waals surface area contributed by atoms with Gasteiger partial charge in [-0.2, -0.15) is 0 Å². The molecule has 584 valence electrons. The van der Waals surface area contributed by atoms with E-state index in [1.165, 1.54) is 80.4 Å². The molecule has 0 N–H and O–H groups in total. The van der Waals surface area contributed by atoms with Crippen LogP contribution in [0.4, 0.5) is 68.2 Å². The number of para-hydroxylation sites is 7. The Morgan fingerprint density at radius 1 is 0.197 bits per heavy atom. The molecule has 18 aromatic rings. The number of hydrogen-bond donors (Lipinski definition) is 0. The van der Waals surface area contributed by atoms with Gasteiger partial charge in [0.05, 0.1) is 9.79 Å². The van der Waals surface area contributed by atoms with Crippen LogP contribution in [0.3, 0.4) is 0 Å². The van der Waals surface area contributed by atoms with E-state index in [1.807, 2.05) is 24.3 Å². The molecule has 18 aromatic carbocycles. The van der Waals surface area contributed by atoms with Crippen molar-refractivity contribution >= 4 is 138 Å². The molecule has 4 aliphatic rings. The topological polar surface area (TPSA) is 40.7 Å². The van der Waals surface area contributed by atoms with Gasteiger partial charge in [0.2, 0.25) is 0 Å². The molecule has 0 saturated carbocycles. The predicted octanol–water partition coefficient (Wildman–Crippen LogP) is 25.4. The molecule has 0 aliphatic carbocycles. The van der Waals surface area contributed by atoms with Crippen molar-refractivity contribution in [1.29, 1.82) is 0 Å². The first-order chi connectivity index (χ1) is 60.1. The molecule has 0 amide bonds. The zero-order valence-electron chi connectivity index (χ0n) is 68.0. The first-order valence-corrected chi connectivity index (χ1v) is 46.5. The maximum absolute atomic E-state index is 6.93. The largest absolute Gasteiger partial charge is 0.454 e. The van der Waals surface area contributed by atoms with E-state index in [9.17, 15) is 0 Å². The van der Waals surface area contributed by atoms with Gasteiger partial charge < -0.3 is 33.8 Å². The Labute approximate surface area is 719 Å². The zero-order valence-corrected chi connectivity index (χ0v) is 70.8. The minimum absolute atomic E-state index is 0.725. The van der Waals surface area contributed by atoms with Gasteiger partial charge in [-0.05, 0) is 285 Å². The molecule has 0 radical (unpaired) electrons. The van der Waals surface area contributed by atoms with Crippen LogP contribution in [0.1, 0.15) is 22.3 Å². The second-order valence-corrected chi connectivity index (χ2v) is 40.3. The molecule has 0 atom stereocenters. The molecule has 0 saturated heterocycles. The van der Waals surface area contributed by atoms with Gasteiger partial charge in [0.15, 0.2) is 39.1 Å². The number of anilines is 12. The Morgan fingerprint density at radius 3 is 0.861 bits per heavy atom. The molecular weight excluding hydrogens is 1540 g/mol. The van der Waals surface area contributed by atoms with Crippen LogP contribution in [-0.2, 0) is 0 Å². The van der Waals surface area contributed by atoms with E-state index in [-0.39, 0.29) is 0 Å². The van der Waals surface area contributed by atoms with Crippen LogP contribution in [-0.4, -0.2) is 16.1 Å². The van der Waals surface area contributed by atoms with Crippen molar-refractivity contribution in [3.8, 4) is 56.8 Å². The highest BCUT2D eigenvalue weighted by atomic mass is 32.2. The highest BCUT2D eigenvalue weighted by molar-refractivity contribution is 7.99. The standard InChI is InChI=1S/C58H46N2O2Si.C54H38N2OSSi/c1-39-13-9-17-45(35-39)59(46-18-10-14-40(2)36-46)43-25-29-49(30-26-43)63(50-31-27-44(28-32-50)60(47-19-11-15-41(3)37-47)48-20-12-16-42(4)38-48)55-24-8-5-21-51(55)57-56(63)34-33-54-58(57)62-53-23-7-6-22-52(53)61-54;1-5-17-39(18-6-1)55(40-19-7-2-8-20-40)43-29-33-45(34-30-43)59(46-35-31-44(32-36-46)56(41-21-9-3-10-22-41)42-23-11-4-12-24-42)51-28-16-13-25-47(51)53-52(59)38-37-50-54(53)57-48-26-14-15-27-49(48)58-50/h5-38H,1-4H3;1-38H. The number of hydrogen-bond acceptors (Lipinski definition) is 8. The lowest BCUT2D eigenvalue weighted by Crippen LogP contribution is -2.72. The molecule has 7 nitrogen and oxygen atoms in total. The number of rotatable bonds is 16. The van der Waals surface area contributed by atoms with E-state index in [2.05, 4.69) is 460 Å². The molecule has 0 aromatic heterocycles. The molecule has 4 aliphatic heterocycles. The number of nitrogens with zero attached hydrogens (tertiary/aromatic N) is 4. The van der Waals surface area contributed by atoms with Crippen molar-refractivity contribution in [2.45, 2.75) is 37.5 Å². The number of fused-ring (bicyclic) bond motifs is 12. The summed E-state index contributed by atoms with van der Waals surface area (Å²) >= 11 is 1.80. The fourth-order valence-electron chi connectivity index (χ4n) is 18.9. The van der Waals surface area contributed by atoms with Crippen LogP contribution < -0.4 is 75.3 Å². The van der Waals surface area contributed by atoms with E-state index in [0.717, 1.165) is 118 Å². The Balaban J connectivity index is 0.000000151. The second-order valence-electron chi connectivity index (χ2n) is 31.8. The molecule has 0 spiro atoms. The first kappa shape index (κ1) is 74.9. The fraction of sp³-hybridized carbons (Fsp3) is 0.0357. The third kappa shape index (κ3) is 13.1. The summed E-state index contributed by atoms with van der Waals surface area (Å²) in [7, 11) is -5.95. The summed E-state index contributed by atoms with van der Waals surface area (Å²) in [6, 6.07) is 159. The normalized spacial score (nSPS) is 12.9. The summed E-state index contributed by atoms with van der Waals surface area (Å²) < 4.78 is 20.4. The molecule has 4 heterocycles. The molecule has 22 rings (SSSR count). The summed E-state index contributed by atoms with van der Waals surface area (Å²) in [6.45, 7) is 8.63. The van der Waals surface area contributed by atoms with Gasteiger partial charge in [0.1, 0.15) is 11.5 Å². The van der Waals surface area contributed by atoms with Crippen LogP contribution in [0.25, 0.3) is 22.3 Å². The van der Waals surface area contributed by atoms with Crippen molar-refractivity contribution in [3.05, 3.63) is 459 Å². The lowest BCUT2D eigenvalue weighted by molar-refractivity contribution is 0.361. The quantitative estimate of drug-likeness (QED) is 0.0887. The van der Waals surface area contributed by atoms with Crippen molar-refractivity contribution in [2.75, 3.05) is 19.6 Å². The van der Waals surface area contributed by atoms with E-state index in [4.69, 9.17) is 14.2 Å². The minimum atomic E-state index is -3.02. The molecule has 0 fully saturated rings. The highest BCUT2D eigenvalue weighted by Crippen LogP contribution is 2.54. The molecular formula is C112H84N4O3SSi2. The summed E-state index contributed by atoms with van der Waals surface area (Å²) in [5.74, 6) is 4.83. The van der Waals surface area contributed by atoms with Gasteiger partial charge in [-0.15, -0.1) is 0 Å². The van der Waals surface area contributed by atoms with E-state index >= 15 is 0 Å². The third-order valence-corrected chi connectivity index (χ3v) is 35.0. The first-order valence-electron chi connectivity index (χ1n) is 41.7. The molecule has 0 unspecified atom stereocenters. The smallest absolute Gasteiger partial charge is 0.181 e. The minimum Gasteiger partial charge on any atom is -0.454 e. The monoisotopic (exact) mass is 1620 g/mol.